The van der Waals surface area contributed by atoms with E-state index in [-0.39, 0.29) is 24.0 Å². The molecule has 1 aliphatic heterocycles. The van der Waals surface area contributed by atoms with Crippen LogP contribution in [0.2, 0.25) is 0 Å². The van der Waals surface area contributed by atoms with E-state index in [1.807, 2.05) is 11.3 Å². The van der Waals surface area contributed by atoms with Gasteiger partial charge in [-0.05, 0) is 70.8 Å². The zero-order valence-corrected chi connectivity index (χ0v) is 18.5. The van der Waals surface area contributed by atoms with Gasteiger partial charge in [0.2, 0.25) is 0 Å². The second-order valence-corrected chi connectivity index (χ2v) is 7.75. The molecule has 1 saturated heterocycles. The van der Waals surface area contributed by atoms with Crippen LogP contribution in [0.4, 0.5) is 0 Å². The van der Waals surface area contributed by atoms with E-state index in [4.69, 9.17) is 4.99 Å². The number of halogens is 1. The summed E-state index contributed by atoms with van der Waals surface area (Å²) >= 11 is 1.83. The Morgan fingerprint density at radius 2 is 2.00 bits per heavy atom. The summed E-state index contributed by atoms with van der Waals surface area (Å²) in [6.45, 7) is 13.0. The number of hydrogen-bond acceptors (Lipinski definition) is 3. The molecule has 0 radical (unpaired) electrons. The highest BCUT2D eigenvalue weighted by Crippen LogP contribution is 2.17. The van der Waals surface area contributed by atoms with Crippen molar-refractivity contribution < 1.29 is 0 Å². The minimum Gasteiger partial charge on any atom is -0.357 e. The number of hydrogen-bond donors (Lipinski definition) is 2. The van der Waals surface area contributed by atoms with Crippen molar-refractivity contribution in [3.63, 3.8) is 0 Å². The van der Waals surface area contributed by atoms with E-state index in [1.54, 1.807) is 0 Å². The number of guanidine groups is 1. The molecule has 0 bridgehead atoms. The van der Waals surface area contributed by atoms with E-state index in [1.165, 1.54) is 48.7 Å². The van der Waals surface area contributed by atoms with E-state index in [9.17, 15) is 0 Å². The normalized spacial score (nSPS) is 16.7. The standard InChI is InChI=1S/C18H32N4S.HI/c1-4-10-22-11-8-16(9-12-22)13-20-18(19-5-2)21-14-17-7-6-15(3)23-17;/h6-7,16H,4-5,8-14H2,1-3H3,(H2,19,20,21);1H. The van der Waals surface area contributed by atoms with Crippen LogP contribution < -0.4 is 10.6 Å². The lowest BCUT2D eigenvalue weighted by molar-refractivity contribution is 0.185. The fraction of sp³-hybridized carbons (Fsp3) is 0.722. The van der Waals surface area contributed by atoms with Gasteiger partial charge in [0.1, 0.15) is 0 Å². The van der Waals surface area contributed by atoms with Gasteiger partial charge in [-0.2, -0.15) is 0 Å². The Morgan fingerprint density at radius 3 is 2.58 bits per heavy atom. The molecule has 1 aliphatic rings. The number of likely N-dealkylation sites (tertiary alicyclic amines) is 1. The van der Waals surface area contributed by atoms with Crippen molar-refractivity contribution >= 4 is 41.3 Å². The molecule has 0 amide bonds. The third-order valence-corrected chi connectivity index (χ3v) is 5.32. The van der Waals surface area contributed by atoms with Gasteiger partial charge in [0, 0.05) is 22.8 Å². The lowest BCUT2D eigenvalue weighted by Crippen LogP contribution is -2.43. The maximum absolute atomic E-state index is 4.72. The van der Waals surface area contributed by atoms with Crippen LogP contribution in [-0.4, -0.2) is 43.6 Å². The molecular formula is C18H33IN4S. The Bertz CT molecular complexity index is 481. The lowest BCUT2D eigenvalue weighted by atomic mass is 9.97. The van der Waals surface area contributed by atoms with Gasteiger partial charge in [0.25, 0.3) is 0 Å². The maximum atomic E-state index is 4.72. The summed E-state index contributed by atoms with van der Waals surface area (Å²) in [7, 11) is 0. The Hall–Kier alpha value is -0.340. The van der Waals surface area contributed by atoms with Crippen LogP contribution in [0, 0.1) is 12.8 Å². The molecule has 6 heteroatoms. The van der Waals surface area contributed by atoms with Crippen LogP contribution in [0.15, 0.2) is 17.1 Å². The molecule has 0 atom stereocenters. The number of aliphatic imine (C=N–C) groups is 1. The first kappa shape index (κ1) is 21.7. The third kappa shape index (κ3) is 7.70. The van der Waals surface area contributed by atoms with Gasteiger partial charge in [-0.15, -0.1) is 35.3 Å². The summed E-state index contributed by atoms with van der Waals surface area (Å²) in [5, 5.41) is 6.90. The summed E-state index contributed by atoms with van der Waals surface area (Å²) in [5.41, 5.74) is 0. The van der Waals surface area contributed by atoms with Crippen LogP contribution in [0.1, 0.15) is 42.9 Å². The monoisotopic (exact) mass is 464 g/mol. The Morgan fingerprint density at radius 1 is 1.25 bits per heavy atom. The minimum absolute atomic E-state index is 0. The molecule has 24 heavy (non-hydrogen) atoms. The molecule has 2 rings (SSSR count). The van der Waals surface area contributed by atoms with Crippen LogP contribution in [0.25, 0.3) is 0 Å². The van der Waals surface area contributed by atoms with Gasteiger partial charge in [-0.25, -0.2) is 4.99 Å². The van der Waals surface area contributed by atoms with Crippen molar-refractivity contribution in [2.24, 2.45) is 10.9 Å². The first-order valence-electron chi connectivity index (χ1n) is 9.01. The van der Waals surface area contributed by atoms with Gasteiger partial charge in [0.05, 0.1) is 6.54 Å². The van der Waals surface area contributed by atoms with E-state index in [0.29, 0.717) is 0 Å². The molecule has 2 N–H and O–H groups in total. The first-order chi connectivity index (χ1) is 11.2. The molecule has 138 valence electrons. The lowest BCUT2D eigenvalue weighted by Gasteiger charge is -2.32. The number of piperidine rings is 1. The first-order valence-corrected chi connectivity index (χ1v) is 9.82. The molecule has 0 unspecified atom stereocenters. The molecule has 1 fully saturated rings. The second kappa shape index (κ2) is 12.1. The number of rotatable bonds is 7. The van der Waals surface area contributed by atoms with Crippen molar-refractivity contribution in [2.45, 2.75) is 46.6 Å². The van der Waals surface area contributed by atoms with E-state index in [0.717, 1.165) is 31.5 Å². The molecule has 4 nitrogen and oxygen atoms in total. The van der Waals surface area contributed by atoms with E-state index in [2.05, 4.69) is 48.4 Å². The van der Waals surface area contributed by atoms with Crippen LogP contribution in [-0.2, 0) is 6.54 Å². The molecule has 0 spiro atoms. The average Bonchev–Trinajstić information content (AvgIpc) is 2.97. The summed E-state index contributed by atoms with van der Waals surface area (Å²) in [6, 6.07) is 4.34. The molecule has 2 heterocycles. The van der Waals surface area contributed by atoms with Gasteiger partial charge in [0.15, 0.2) is 5.96 Å². The topological polar surface area (TPSA) is 39.7 Å². The highest BCUT2D eigenvalue weighted by molar-refractivity contribution is 14.0. The molecular weight excluding hydrogens is 431 g/mol. The quantitative estimate of drug-likeness (QED) is 0.366. The largest absolute Gasteiger partial charge is 0.357 e. The fourth-order valence-electron chi connectivity index (χ4n) is 3.04. The van der Waals surface area contributed by atoms with Gasteiger partial charge in [-0.3, -0.25) is 0 Å². The zero-order chi connectivity index (χ0) is 16.5. The average molecular weight is 464 g/mol. The molecule has 1 aromatic rings. The van der Waals surface area contributed by atoms with Gasteiger partial charge >= 0.3 is 0 Å². The summed E-state index contributed by atoms with van der Waals surface area (Å²) in [5.74, 6) is 1.73. The van der Waals surface area contributed by atoms with Crippen molar-refractivity contribution in [1.82, 2.24) is 15.5 Å². The highest BCUT2D eigenvalue weighted by Gasteiger charge is 2.18. The Kier molecular flexibility index (Phi) is 10.9. The maximum Gasteiger partial charge on any atom is 0.191 e. The summed E-state index contributed by atoms with van der Waals surface area (Å²) < 4.78 is 0. The van der Waals surface area contributed by atoms with Gasteiger partial charge in [-0.1, -0.05) is 6.92 Å². The Labute approximate surface area is 168 Å². The number of thiophene rings is 1. The van der Waals surface area contributed by atoms with Crippen LogP contribution in [0.5, 0.6) is 0 Å². The van der Waals surface area contributed by atoms with Crippen LogP contribution >= 0.6 is 35.3 Å². The van der Waals surface area contributed by atoms with Crippen molar-refractivity contribution in [3.05, 3.63) is 21.9 Å². The van der Waals surface area contributed by atoms with Crippen molar-refractivity contribution in [3.8, 4) is 0 Å². The predicted octanol–water partition coefficient (Wildman–Crippen LogP) is 3.85. The fourth-order valence-corrected chi connectivity index (χ4v) is 3.86. The summed E-state index contributed by atoms with van der Waals surface area (Å²) in [6.07, 6.45) is 3.87. The van der Waals surface area contributed by atoms with E-state index < -0.39 is 0 Å². The minimum atomic E-state index is 0. The molecule has 0 aliphatic carbocycles. The predicted molar refractivity (Wildman–Crippen MR) is 117 cm³/mol. The van der Waals surface area contributed by atoms with Crippen molar-refractivity contribution in [1.29, 1.82) is 0 Å². The number of nitrogens with zero attached hydrogens (tertiary/aromatic N) is 2. The number of aryl methyl sites for hydroxylation is 1. The van der Waals surface area contributed by atoms with Gasteiger partial charge < -0.3 is 15.5 Å². The Balaban J connectivity index is 0.00000288. The zero-order valence-electron chi connectivity index (χ0n) is 15.3. The SMILES string of the molecule is CCCN1CCC(CNC(=NCc2ccc(C)s2)NCC)CC1.I. The molecule has 0 saturated carbocycles. The smallest absolute Gasteiger partial charge is 0.191 e. The highest BCUT2D eigenvalue weighted by atomic mass is 127. The number of nitrogens with one attached hydrogen (secondary N) is 2. The second-order valence-electron chi connectivity index (χ2n) is 6.37. The summed E-state index contributed by atoms with van der Waals surface area (Å²) in [4.78, 5) is 9.99. The molecule has 1 aromatic heterocycles. The molecule has 0 aromatic carbocycles. The van der Waals surface area contributed by atoms with Crippen LogP contribution in [0.3, 0.4) is 0 Å². The van der Waals surface area contributed by atoms with E-state index >= 15 is 0 Å². The third-order valence-electron chi connectivity index (χ3n) is 4.34. The van der Waals surface area contributed by atoms with Crippen molar-refractivity contribution in [2.75, 3.05) is 32.7 Å².